The number of hydrogen-bond donors (Lipinski definition) is 2. The molecule has 0 radical (unpaired) electrons. The Balaban J connectivity index is 1.86. The number of hydrogen-bond acceptors (Lipinski definition) is 4. The largest absolute Gasteiger partial charge is 0.506 e. The van der Waals surface area contributed by atoms with Gasteiger partial charge in [-0.05, 0) is 12.1 Å². The number of halogens is 5. The van der Waals surface area contributed by atoms with Crippen LogP contribution in [0.2, 0.25) is 5.02 Å². The number of alkyl halides is 3. The maximum absolute atomic E-state index is 13.4. The molecule has 0 atom stereocenters. The van der Waals surface area contributed by atoms with E-state index in [0.717, 1.165) is 12.1 Å². The lowest BCUT2D eigenvalue weighted by Crippen LogP contribution is -2.36. The van der Waals surface area contributed by atoms with Gasteiger partial charge in [-0.2, -0.15) is 13.2 Å². The van der Waals surface area contributed by atoms with Crippen molar-refractivity contribution < 1.29 is 22.7 Å². The maximum atomic E-state index is 13.4. The number of aromatic nitrogens is 2. The number of aromatic hydroxyl groups is 1. The number of H-pyrrole nitrogens is 1. The Morgan fingerprint density at radius 3 is 2.76 bits per heavy atom. The molecule has 0 unspecified atom stereocenters. The van der Waals surface area contributed by atoms with E-state index in [1.807, 2.05) is 0 Å². The van der Waals surface area contributed by atoms with Gasteiger partial charge < -0.3 is 10.1 Å². The molecule has 1 aromatic heterocycles. The van der Waals surface area contributed by atoms with Crippen LogP contribution in [-0.4, -0.2) is 26.5 Å². The van der Waals surface area contributed by atoms with Gasteiger partial charge in [0.1, 0.15) is 11.6 Å². The number of benzene rings is 1. The molecular formula is C15H12ClF4N3O2. The van der Waals surface area contributed by atoms with Gasteiger partial charge in [0.05, 0.1) is 16.3 Å². The van der Waals surface area contributed by atoms with Crippen molar-refractivity contribution in [3.63, 3.8) is 0 Å². The van der Waals surface area contributed by atoms with Crippen molar-refractivity contribution in [1.82, 2.24) is 14.9 Å². The van der Waals surface area contributed by atoms with Crippen LogP contribution in [0, 0.1) is 5.82 Å². The van der Waals surface area contributed by atoms with Crippen LogP contribution in [0.1, 0.15) is 22.6 Å². The van der Waals surface area contributed by atoms with Crippen molar-refractivity contribution in [2.75, 3.05) is 6.54 Å². The molecule has 0 aliphatic carbocycles. The second-order valence-electron chi connectivity index (χ2n) is 5.69. The molecule has 3 rings (SSSR count). The Morgan fingerprint density at radius 1 is 1.36 bits per heavy atom. The zero-order valence-electron chi connectivity index (χ0n) is 12.6. The molecule has 25 heavy (non-hydrogen) atoms. The summed E-state index contributed by atoms with van der Waals surface area (Å²) in [7, 11) is 0. The monoisotopic (exact) mass is 377 g/mol. The van der Waals surface area contributed by atoms with E-state index in [2.05, 4.69) is 4.98 Å². The zero-order chi connectivity index (χ0) is 18.4. The van der Waals surface area contributed by atoms with Gasteiger partial charge in [-0.25, -0.2) is 9.37 Å². The molecule has 0 spiro atoms. The molecule has 0 amide bonds. The third kappa shape index (κ3) is 3.62. The number of phenolic OH excluding ortho intramolecular Hbond substituents is 1. The molecule has 5 nitrogen and oxygen atoms in total. The summed E-state index contributed by atoms with van der Waals surface area (Å²) < 4.78 is 51.5. The highest BCUT2D eigenvalue weighted by atomic mass is 35.5. The van der Waals surface area contributed by atoms with Gasteiger partial charge in [-0.1, -0.05) is 11.6 Å². The summed E-state index contributed by atoms with van der Waals surface area (Å²) in [6.45, 7) is 0.418. The Kier molecular flexibility index (Phi) is 4.46. The second kappa shape index (κ2) is 6.30. The molecule has 134 valence electrons. The highest BCUT2D eigenvalue weighted by Crippen LogP contribution is 2.31. The van der Waals surface area contributed by atoms with Crippen molar-refractivity contribution in [3.05, 3.63) is 56.0 Å². The molecule has 0 saturated carbocycles. The van der Waals surface area contributed by atoms with Gasteiger partial charge in [0.25, 0.3) is 5.56 Å². The van der Waals surface area contributed by atoms with Gasteiger partial charge >= 0.3 is 6.18 Å². The summed E-state index contributed by atoms with van der Waals surface area (Å²) in [4.78, 5) is 18.9. The number of aromatic amines is 1. The quantitative estimate of drug-likeness (QED) is 0.790. The van der Waals surface area contributed by atoms with Crippen molar-refractivity contribution in [2.45, 2.75) is 25.7 Å². The normalized spacial score (nSPS) is 15.2. The van der Waals surface area contributed by atoms with Crippen molar-refractivity contribution >= 4 is 11.6 Å². The van der Waals surface area contributed by atoms with E-state index in [1.165, 1.54) is 0 Å². The minimum atomic E-state index is -4.73. The van der Waals surface area contributed by atoms with E-state index in [9.17, 15) is 27.5 Å². The topological polar surface area (TPSA) is 69.2 Å². The van der Waals surface area contributed by atoms with E-state index >= 15 is 0 Å². The molecule has 0 fully saturated rings. The van der Waals surface area contributed by atoms with Gasteiger partial charge in [-0.15, -0.1) is 0 Å². The fraction of sp³-hybridized carbons (Fsp3) is 0.333. The van der Waals surface area contributed by atoms with E-state index in [0.29, 0.717) is 6.54 Å². The summed E-state index contributed by atoms with van der Waals surface area (Å²) >= 11 is 5.72. The predicted octanol–water partition coefficient (Wildman–Crippen LogP) is 2.85. The summed E-state index contributed by atoms with van der Waals surface area (Å²) in [5.41, 5.74) is -0.414. The highest BCUT2D eigenvalue weighted by molar-refractivity contribution is 6.32. The number of fused-ring (bicyclic) bond motifs is 1. The van der Waals surface area contributed by atoms with E-state index in [1.54, 1.807) is 9.88 Å². The lowest BCUT2D eigenvalue weighted by atomic mass is 10.1. The Hall–Kier alpha value is -2.13. The van der Waals surface area contributed by atoms with Crippen molar-refractivity contribution in [3.8, 4) is 5.75 Å². The van der Waals surface area contributed by atoms with Crippen LogP contribution in [0.3, 0.4) is 0 Å². The standard InChI is InChI=1S/C15H12ClF4N3O2/c16-10-4-8(17)3-7(12(10)24)5-23-2-1-11-9(6-23)13(25)22-14(21-11)15(18,19)20/h3-4,24H,1-2,5-6H2,(H,21,22,25). The molecule has 2 aromatic rings. The lowest BCUT2D eigenvalue weighted by Gasteiger charge is -2.28. The minimum absolute atomic E-state index is 0.0311. The molecule has 1 aromatic carbocycles. The average Bonchev–Trinajstić information content (AvgIpc) is 2.51. The molecule has 10 heteroatoms. The van der Waals surface area contributed by atoms with Crippen LogP contribution < -0.4 is 5.56 Å². The summed E-state index contributed by atoms with van der Waals surface area (Å²) in [6.07, 6.45) is -4.60. The van der Waals surface area contributed by atoms with E-state index < -0.39 is 23.4 Å². The number of rotatable bonds is 2. The number of nitrogens with zero attached hydrogens (tertiary/aromatic N) is 2. The van der Waals surface area contributed by atoms with Crippen LogP contribution in [0.15, 0.2) is 16.9 Å². The zero-order valence-corrected chi connectivity index (χ0v) is 13.4. The van der Waals surface area contributed by atoms with Gasteiger partial charge in [0.2, 0.25) is 5.82 Å². The molecular weight excluding hydrogens is 366 g/mol. The Labute approximate surface area is 143 Å². The van der Waals surface area contributed by atoms with Crippen LogP contribution in [0.5, 0.6) is 5.75 Å². The van der Waals surface area contributed by atoms with Crippen LogP contribution >= 0.6 is 11.6 Å². The third-order valence-electron chi connectivity index (χ3n) is 3.92. The number of phenols is 1. The third-order valence-corrected chi connectivity index (χ3v) is 4.21. The first kappa shape index (κ1) is 17.7. The van der Waals surface area contributed by atoms with Crippen LogP contribution in [-0.2, 0) is 25.7 Å². The number of nitrogens with one attached hydrogen (secondary N) is 1. The average molecular weight is 378 g/mol. The Bertz CT molecular complexity index is 882. The van der Waals surface area contributed by atoms with Gasteiger partial charge in [0, 0.05) is 31.6 Å². The Morgan fingerprint density at radius 2 is 2.08 bits per heavy atom. The summed E-state index contributed by atoms with van der Waals surface area (Å²) in [6, 6.07) is 2.09. The van der Waals surface area contributed by atoms with Crippen LogP contribution in [0.25, 0.3) is 0 Å². The van der Waals surface area contributed by atoms with E-state index in [4.69, 9.17) is 11.6 Å². The first-order valence-corrected chi connectivity index (χ1v) is 7.61. The molecule has 0 bridgehead atoms. The summed E-state index contributed by atoms with van der Waals surface area (Å²) in [5.74, 6) is -2.21. The fourth-order valence-corrected chi connectivity index (χ4v) is 2.96. The summed E-state index contributed by atoms with van der Waals surface area (Å²) in [5, 5.41) is 9.76. The fourth-order valence-electron chi connectivity index (χ4n) is 2.73. The molecule has 2 heterocycles. The maximum Gasteiger partial charge on any atom is 0.449 e. The molecule has 1 aliphatic heterocycles. The smallest absolute Gasteiger partial charge is 0.449 e. The minimum Gasteiger partial charge on any atom is -0.506 e. The molecule has 2 N–H and O–H groups in total. The highest BCUT2D eigenvalue weighted by Gasteiger charge is 2.36. The SMILES string of the molecule is O=c1[nH]c(C(F)(F)F)nc2c1CN(Cc1cc(F)cc(Cl)c1O)CC2. The molecule has 1 aliphatic rings. The van der Waals surface area contributed by atoms with Gasteiger partial charge in [0.15, 0.2) is 0 Å². The lowest BCUT2D eigenvalue weighted by molar-refractivity contribution is -0.145. The second-order valence-corrected chi connectivity index (χ2v) is 6.10. The van der Waals surface area contributed by atoms with Crippen LogP contribution in [0.4, 0.5) is 17.6 Å². The van der Waals surface area contributed by atoms with Gasteiger partial charge in [-0.3, -0.25) is 9.69 Å². The van der Waals surface area contributed by atoms with Crippen molar-refractivity contribution in [1.29, 1.82) is 0 Å². The van der Waals surface area contributed by atoms with E-state index in [-0.39, 0.29) is 47.1 Å². The first-order valence-electron chi connectivity index (χ1n) is 7.23. The molecule has 0 saturated heterocycles. The predicted molar refractivity (Wildman–Crippen MR) is 80.8 cm³/mol. The van der Waals surface area contributed by atoms with Crippen molar-refractivity contribution in [2.24, 2.45) is 0 Å². The first-order chi connectivity index (χ1) is 11.6.